The molecule has 0 unspecified atom stereocenters. The predicted molar refractivity (Wildman–Crippen MR) is 115 cm³/mol. The highest BCUT2D eigenvalue weighted by atomic mass is 16.2. The number of anilines is 1. The van der Waals surface area contributed by atoms with Gasteiger partial charge in [0.25, 0.3) is 5.91 Å². The predicted octanol–water partition coefficient (Wildman–Crippen LogP) is 3.14. The Morgan fingerprint density at radius 1 is 1.14 bits per heavy atom. The van der Waals surface area contributed by atoms with Gasteiger partial charge in [0.1, 0.15) is 0 Å². The van der Waals surface area contributed by atoms with Crippen molar-refractivity contribution < 1.29 is 9.59 Å². The summed E-state index contributed by atoms with van der Waals surface area (Å²) in [5, 5.41) is 6.13. The molecule has 1 aliphatic rings. The summed E-state index contributed by atoms with van der Waals surface area (Å²) in [5.41, 5.74) is 2.60. The number of pyridine rings is 1. The smallest absolute Gasteiger partial charge is 0.253 e. The number of nitrogens with zero attached hydrogens (tertiary/aromatic N) is 2. The third kappa shape index (κ3) is 6.04. The first-order valence-corrected chi connectivity index (χ1v) is 10.3. The van der Waals surface area contributed by atoms with Gasteiger partial charge in [-0.15, -0.1) is 0 Å². The average Bonchev–Trinajstić information content (AvgIpc) is 2.73. The fourth-order valence-corrected chi connectivity index (χ4v) is 3.64. The molecule has 1 fully saturated rings. The van der Waals surface area contributed by atoms with Crippen LogP contribution in [0.3, 0.4) is 0 Å². The molecular weight excluding hydrogens is 364 g/mol. The van der Waals surface area contributed by atoms with Crippen LogP contribution in [0.15, 0.2) is 48.8 Å². The molecule has 0 spiro atoms. The number of carbonyl (C=O) groups is 2. The van der Waals surface area contributed by atoms with Crippen LogP contribution in [0.4, 0.5) is 5.69 Å². The van der Waals surface area contributed by atoms with E-state index >= 15 is 0 Å². The molecule has 154 valence electrons. The number of nitrogens with one attached hydrogen (secondary N) is 2. The van der Waals surface area contributed by atoms with Crippen molar-refractivity contribution in [2.45, 2.75) is 45.7 Å². The van der Waals surface area contributed by atoms with E-state index in [4.69, 9.17) is 0 Å². The van der Waals surface area contributed by atoms with Gasteiger partial charge in [0.15, 0.2) is 0 Å². The van der Waals surface area contributed by atoms with Crippen molar-refractivity contribution in [3.8, 4) is 0 Å². The molecule has 1 aliphatic heterocycles. The van der Waals surface area contributed by atoms with Crippen molar-refractivity contribution in [2.24, 2.45) is 5.92 Å². The quantitative estimate of drug-likeness (QED) is 0.757. The number of amides is 2. The number of carbonyl (C=O) groups excluding carboxylic acids is 2. The number of hydrogen-bond acceptors (Lipinski definition) is 4. The number of benzene rings is 1. The molecule has 1 aromatic heterocycles. The Morgan fingerprint density at radius 2 is 1.90 bits per heavy atom. The zero-order valence-electron chi connectivity index (χ0n) is 17.2. The number of hydrogen-bond donors (Lipinski definition) is 2. The second kappa shape index (κ2) is 10.0. The maximum Gasteiger partial charge on any atom is 0.253 e. The summed E-state index contributed by atoms with van der Waals surface area (Å²) < 4.78 is 0. The minimum absolute atomic E-state index is 0.0863. The van der Waals surface area contributed by atoms with E-state index in [1.165, 1.54) is 0 Å². The molecule has 0 atom stereocenters. The van der Waals surface area contributed by atoms with E-state index in [0.717, 1.165) is 37.2 Å². The fourth-order valence-electron chi connectivity index (χ4n) is 3.64. The van der Waals surface area contributed by atoms with Crippen molar-refractivity contribution in [2.75, 3.05) is 18.0 Å². The van der Waals surface area contributed by atoms with Crippen LogP contribution in [0.5, 0.6) is 0 Å². The first-order valence-electron chi connectivity index (χ1n) is 10.3. The summed E-state index contributed by atoms with van der Waals surface area (Å²) in [6, 6.07) is 11.7. The lowest BCUT2D eigenvalue weighted by molar-refractivity contribution is -0.122. The van der Waals surface area contributed by atoms with Gasteiger partial charge < -0.3 is 15.5 Å². The number of piperidine rings is 1. The topological polar surface area (TPSA) is 74.3 Å². The van der Waals surface area contributed by atoms with Crippen LogP contribution < -0.4 is 15.5 Å². The molecule has 2 aromatic rings. The largest absolute Gasteiger partial charge is 0.371 e. The average molecular weight is 395 g/mol. The van der Waals surface area contributed by atoms with E-state index in [0.29, 0.717) is 24.4 Å². The molecule has 0 saturated carbocycles. The van der Waals surface area contributed by atoms with Crippen molar-refractivity contribution in [3.05, 3.63) is 59.9 Å². The molecule has 3 rings (SSSR count). The Balaban J connectivity index is 1.58. The van der Waals surface area contributed by atoms with E-state index in [1.807, 2.05) is 36.4 Å². The van der Waals surface area contributed by atoms with Crippen molar-refractivity contribution >= 4 is 17.5 Å². The highest BCUT2D eigenvalue weighted by Gasteiger charge is 2.23. The van der Waals surface area contributed by atoms with Crippen LogP contribution in [0.25, 0.3) is 0 Å². The Kier molecular flexibility index (Phi) is 7.22. The van der Waals surface area contributed by atoms with Crippen LogP contribution in [0.2, 0.25) is 0 Å². The molecule has 2 heterocycles. The lowest BCUT2D eigenvalue weighted by Crippen LogP contribution is -2.45. The van der Waals surface area contributed by atoms with Gasteiger partial charge in [-0.3, -0.25) is 14.6 Å². The van der Waals surface area contributed by atoms with E-state index in [1.54, 1.807) is 12.4 Å². The molecule has 0 radical (unpaired) electrons. The lowest BCUT2D eigenvalue weighted by Gasteiger charge is -2.35. The molecule has 1 aromatic carbocycles. The molecule has 6 heteroatoms. The maximum atomic E-state index is 12.8. The van der Waals surface area contributed by atoms with Gasteiger partial charge in [-0.05, 0) is 42.5 Å². The standard InChI is InChI=1S/C23H30N4O2/c1-17(2)14-22(28)26-19-9-12-27(13-10-19)21-8-4-3-7-20(21)23(29)25-16-18-6-5-11-24-15-18/h3-8,11,15,17,19H,9-10,12-14,16H2,1-2H3,(H,25,29)(H,26,28). The second-order valence-electron chi connectivity index (χ2n) is 7.99. The minimum Gasteiger partial charge on any atom is -0.371 e. The third-order valence-corrected chi connectivity index (χ3v) is 5.12. The maximum absolute atomic E-state index is 12.8. The fraction of sp³-hybridized carbons (Fsp3) is 0.435. The van der Waals surface area contributed by atoms with Gasteiger partial charge >= 0.3 is 0 Å². The molecule has 29 heavy (non-hydrogen) atoms. The molecule has 6 nitrogen and oxygen atoms in total. The van der Waals surface area contributed by atoms with Crippen molar-refractivity contribution in [1.82, 2.24) is 15.6 Å². The Labute approximate surface area is 172 Å². The summed E-state index contributed by atoms with van der Waals surface area (Å²) in [5.74, 6) is 0.414. The van der Waals surface area contributed by atoms with Crippen LogP contribution in [-0.2, 0) is 11.3 Å². The van der Waals surface area contributed by atoms with E-state index in [9.17, 15) is 9.59 Å². The van der Waals surface area contributed by atoms with Crippen LogP contribution in [0.1, 0.15) is 49.0 Å². The Hall–Kier alpha value is -2.89. The van der Waals surface area contributed by atoms with Gasteiger partial charge in [-0.2, -0.15) is 0 Å². The Morgan fingerprint density at radius 3 is 2.59 bits per heavy atom. The first-order chi connectivity index (χ1) is 14.0. The highest BCUT2D eigenvalue weighted by molar-refractivity contribution is 5.99. The molecule has 1 saturated heterocycles. The summed E-state index contributed by atoms with van der Waals surface area (Å²) in [6.45, 7) is 6.20. The van der Waals surface area contributed by atoms with Crippen LogP contribution in [-0.4, -0.2) is 35.9 Å². The van der Waals surface area contributed by atoms with Gasteiger partial charge in [-0.1, -0.05) is 32.0 Å². The van der Waals surface area contributed by atoms with Crippen molar-refractivity contribution in [1.29, 1.82) is 0 Å². The second-order valence-corrected chi connectivity index (χ2v) is 7.99. The van der Waals surface area contributed by atoms with E-state index < -0.39 is 0 Å². The minimum atomic E-state index is -0.0863. The molecular formula is C23H30N4O2. The highest BCUT2D eigenvalue weighted by Crippen LogP contribution is 2.24. The van der Waals surface area contributed by atoms with Gasteiger partial charge in [0.05, 0.1) is 5.56 Å². The monoisotopic (exact) mass is 394 g/mol. The summed E-state index contributed by atoms with van der Waals surface area (Å²) in [7, 11) is 0. The van der Waals surface area contributed by atoms with Gasteiger partial charge in [-0.25, -0.2) is 0 Å². The SMILES string of the molecule is CC(C)CC(=O)NC1CCN(c2ccccc2C(=O)NCc2cccnc2)CC1. The molecule has 0 bridgehead atoms. The van der Waals surface area contributed by atoms with Crippen LogP contribution >= 0.6 is 0 Å². The zero-order valence-corrected chi connectivity index (χ0v) is 17.2. The zero-order chi connectivity index (χ0) is 20.6. The number of para-hydroxylation sites is 1. The summed E-state index contributed by atoms with van der Waals surface area (Å²) in [4.78, 5) is 31.1. The third-order valence-electron chi connectivity index (χ3n) is 5.12. The van der Waals surface area contributed by atoms with Gasteiger partial charge in [0.2, 0.25) is 5.91 Å². The lowest BCUT2D eigenvalue weighted by atomic mass is 10.0. The van der Waals surface area contributed by atoms with E-state index in [2.05, 4.69) is 34.4 Å². The summed E-state index contributed by atoms with van der Waals surface area (Å²) in [6.07, 6.45) is 5.81. The van der Waals surface area contributed by atoms with Crippen molar-refractivity contribution in [3.63, 3.8) is 0 Å². The van der Waals surface area contributed by atoms with Crippen LogP contribution in [0, 0.1) is 5.92 Å². The number of aromatic nitrogens is 1. The molecule has 0 aliphatic carbocycles. The number of rotatable bonds is 7. The molecule has 2 amide bonds. The normalized spacial score (nSPS) is 14.7. The Bertz CT molecular complexity index is 815. The first kappa shape index (κ1) is 20.8. The van der Waals surface area contributed by atoms with E-state index in [-0.39, 0.29) is 17.9 Å². The summed E-state index contributed by atoms with van der Waals surface area (Å²) >= 11 is 0. The van der Waals surface area contributed by atoms with Gasteiger partial charge in [0, 0.05) is 50.2 Å². The molecule has 2 N–H and O–H groups in total.